The second kappa shape index (κ2) is 10.5. The minimum Gasteiger partial charge on any atom is -0.453 e. The standard InChI is InChI=1S/C15H27BrN2O/c1-2-3-4-5-6-7-8-9-10-13(18-17)14-11-12-15(16)19-14/h11-13,18H,2-10,17H2,1H3. The minimum atomic E-state index is 0.131. The molecule has 0 aromatic carbocycles. The molecule has 4 heteroatoms. The van der Waals surface area contributed by atoms with Crippen LogP contribution in [-0.2, 0) is 0 Å². The molecule has 0 bridgehead atoms. The van der Waals surface area contributed by atoms with Gasteiger partial charge in [-0.1, -0.05) is 58.3 Å². The van der Waals surface area contributed by atoms with Gasteiger partial charge in [-0.25, -0.2) is 5.43 Å². The molecule has 0 amide bonds. The molecule has 1 heterocycles. The molecule has 1 aromatic rings. The van der Waals surface area contributed by atoms with Gasteiger partial charge in [-0.05, 0) is 34.5 Å². The van der Waals surface area contributed by atoms with Crippen molar-refractivity contribution in [1.82, 2.24) is 5.43 Å². The van der Waals surface area contributed by atoms with E-state index in [1.807, 2.05) is 12.1 Å². The zero-order valence-corrected chi connectivity index (χ0v) is 13.5. The van der Waals surface area contributed by atoms with E-state index in [0.29, 0.717) is 0 Å². The number of hydrogen-bond acceptors (Lipinski definition) is 3. The van der Waals surface area contributed by atoms with E-state index in [4.69, 9.17) is 10.3 Å². The molecular formula is C15H27BrN2O. The predicted octanol–water partition coefficient (Wildman–Crippen LogP) is 5.08. The van der Waals surface area contributed by atoms with Gasteiger partial charge in [0.25, 0.3) is 0 Å². The van der Waals surface area contributed by atoms with Gasteiger partial charge in [0.1, 0.15) is 5.76 Å². The number of furan rings is 1. The van der Waals surface area contributed by atoms with E-state index in [9.17, 15) is 0 Å². The van der Waals surface area contributed by atoms with Crippen molar-refractivity contribution in [2.45, 2.75) is 70.8 Å². The molecule has 1 rings (SSSR count). The summed E-state index contributed by atoms with van der Waals surface area (Å²) in [5, 5.41) is 0. The summed E-state index contributed by atoms with van der Waals surface area (Å²) in [5.41, 5.74) is 2.84. The number of hydrazine groups is 1. The van der Waals surface area contributed by atoms with Gasteiger partial charge in [-0.15, -0.1) is 0 Å². The Bertz CT molecular complexity index is 328. The quantitative estimate of drug-likeness (QED) is 0.338. The highest BCUT2D eigenvalue weighted by Crippen LogP contribution is 2.24. The third-order valence-electron chi connectivity index (χ3n) is 3.48. The van der Waals surface area contributed by atoms with Crippen LogP contribution in [0.5, 0.6) is 0 Å². The fourth-order valence-corrected chi connectivity index (χ4v) is 2.62. The molecule has 0 spiro atoms. The van der Waals surface area contributed by atoms with E-state index in [1.165, 1.54) is 51.4 Å². The van der Waals surface area contributed by atoms with Crippen LogP contribution in [-0.4, -0.2) is 0 Å². The Hall–Kier alpha value is -0.320. The van der Waals surface area contributed by atoms with Gasteiger partial charge < -0.3 is 4.42 Å². The molecule has 0 aliphatic rings. The monoisotopic (exact) mass is 330 g/mol. The maximum absolute atomic E-state index is 5.58. The van der Waals surface area contributed by atoms with Crippen molar-refractivity contribution >= 4 is 15.9 Å². The van der Waals surface area contributed by atoms with Crippen LogP contribution in [0.25, 0.3) is 0 Å². The average Bonchev–Trinajstić information content (AvgIpc) is 2.83. The van der Waals surface area contributed by atoms with Crippen LogP contribution in [0.3, 0.4) is 0 Å². The van der Waals surface area contributed by atoms with Crippen molar-refractivity contribution in [2.24, 2.45) is 5.84 Å². The van der Waals surface area contributed by atoms with Gasteiger partial charge in [0, 0.05) is 0 Å². The van der Waals surface area contributed by atoms with E-state index < -0.39 is 0 Å². The molecule has 1 unspecified atom stereocenters. The van der Waals surface area contributed by atoms with Gasteiger partial charge >= 0.3 is 0 Å². The summed E-state index contributed by atoms with van der Waals surface area (Å²) in [5.74, 6) is 6.50. The number of rotatable bonds is 11. The van der Waals surface area contributed by atoms with Crippen molar-refractivity contribution in [2.75, 3.05) is 0 Å². The zero-order valence-electron chi connectivity index (χ0n) is 12.0. The lowest BCUT2D eigenvalue weighted by molar-refractivity contribution is 0.380. The Balaban J connectivity index is 2.07. The molecular weight excluding hydrogens is 304 g/mol. The van der Waals surface area contributed by atoms with E-state index in [0.717, 1.165) is 16.9 Å². The normalized spacial score (nSPS) is 12.8. The number of unbranched alkanes of at least 4 members (excludes halogenated alkanes) is 7. The van der Waals surface area contributed by atoms with Gasteiger partial charge in [-0.3, -0.25) is 5.84 Å². The Kier molecular flexibility index (Phi) is 9.22. The summed E-state index contributed by atoms with van der Waals surface area (Å²) in [6, 6.07) is 4.01. The van der Waals surface area contributed by atoms with Crippen LogP contribution in [0, 0.1) is 0 Å². The third kappa shape index (κ3) is 7.14. The molecule has 0 saturated heterocycles. The summed E-state index contributed by atoms with van der Waals surface area (Å²) in [6.45, 7) is 2.26. The van der Waals surface area contributed by atoms with E-state index in [1.54, 1.807) is 0 Å². The lowest BCUT2D eigenvalue weighted by Gasteiger charge is -2.12. The molecule has 19 heavy (non-hydrogen) atoms. The van der Waals surface area contributed by atoms with Gasteiger partial charge in [-0.2, -0.15) is 0 Å². The molecule has 0 aliphatic heterocycles. The second-order valence-electron chi connectivity index (χ2n) is 5.12. The Labute approximate surface area is 125 Å². The first-order valence-corrected chi connectivity index (χ1v) is 8.28. The zero-order chi connectivity index (χ0) is 13.9. The highest BCUT2D eigenvalue weighted by atomic mass is 79.9. The number of nitrogens with two attached hydrogens (primary N) is 1. The molecule has 0 saturated carbocycles. The average molecular weight is 331 g/mol. The smallest absolute Gasteiger partial charge is 0.169 e. The fraction of sp³-hybridized carbons (Fsp3) is 0.733. The highest BCUT2D eigenvalue weighted by Gasteiger charge is 2.12. The van der Waals surface area contributed by atoms with Crippen LogP contribution >= 0.6 is 15.9 Å². The van der Waals surface area contributed by atoms with Crippen molar-refractivity contribution in [3.63, 3.8) is 0 Å². The first-order chi connectivity index (χ1) is 9.27. The molecule has 110 valence electrons. The van der Waals surface area contributed by atoms with Gasteiger partial charge in [0.15, 0.2) is 4.67 Å². The number of nitrogens with one attached hydrogen (secondary N) is 1. The molecule has 3 N–H and O–H groups in total. The third-order valence-corrected chi connectivity index (χ3v) is 3.91. The van der Waals surface area contributed by atoms with E-state index in [2.05, 4.69) is 28.3 Å². The maximum atomic E-state index is 5.58. The lowest BCUT2D eigenvalue weighted by atomic mass is 10.0. The van der Waals surface area contributed by atoms with Gasteiger partial charge in [0.2, 0.25) is 0 Å². The summed E-state index contributed by atoms with van der Waals surface area (Å²) in [4.78, 5) is 0. The van der Waals surface area contributed by atoms with E-state index in [-0.39, 0.29) is 6.04 Å². The summed E-state index contributed by atoms with van der Waals surface area (Å²) in [6.07, 6.45) is 11.7. The number of halogens is 1. The van der Waals surface area contributed by atoms with Crippen LogP contribution in [0.1, 0.15) is 76.5 Å². The Morgan fingerprint density at radius 1 is 1.11 bits per heavy atom. The summed E-state index contributed by atoms with van der Waals surface area (Å²) < 4.78 is 6.30. The minimum absolute atomic E-state index is 0.131. The van der Waals surface area contributed by atoms with Crippen LogP contribution in [0.15, 0.2) is 21.2 Å². The second-order valence-corrected chi connectivity index (χ2v) is 5.91. The first kappa shape index (κ1) is 16.7. The largest absolute Gasteiger partial charge is 0.453 e. The molecule has 1 atom stereocenters. The molecule has 1 aromatic heterocycles. The Morgan fingerprint density at radius 2 is 1.74 bits per heavy atom. The maximum Gasteiger partial charge on any atom is 0.169 e. The summed E-state index contributed by atoms with van der Waals surface area (Å²) >= 11 is 3.32. The van der Waals surface area contributed by atoms with Gasteiger partial charge in [0.05, 0.1) is 6.04 Å². The molecule has 3 nitrogen and oxygen atoms in total. The van der Waals surface area contributed by atoms with Crippen molar-refractivity contribution in [3.8, 4) is 0 Å². The topological polar surface area (TPSA) is 51.2 Å². The number of hydrogen-bond donors (Lipinski definition) is 2. The Morgan fingerprint density at radius 3 is 2.26 bits per heavy atom. The van der Waals surface area contributed by atoms with E-state index >= 15 is 0 Å². The first-order valence-electron chi connectivity index (χ1n) is 7.49. The van der Waals surface area contributed by atoms with Crippen LogP contribution in [0.4, 0.5) is 0 Å². The fourth-order valence-electron chi connectivity index (χ4n) is 2.31. The van der Waals surface area contributed by atoms with Crippen molar-refractivity contribution in [3.05, 3.63) is 22.6 Å². The molecule has 0 fully saturated rings. The molecule has 0 radical (unpaired) electrons. The van der Waals surface area contributed by atoms with Crippen LogP contribution in [0.2, 0.25) is 0 Å². The summed E-state index contributed by atoms with van der Waals surface area (Å²) in [7, 11) is 0. The lowest BCUT2D eigenvalue weighted by Crippen LogP contribution is -2.27. The van der Waals surface area contributed by atoms with Crippen molar-refractivity contribution < 1.29 is 4.42 Å². The highest BCUT2D eigenvalue weighted by molar-refractivity contribution is 9.10. The molecule has 0 aliphatic carbocycles. The SMILES string of the molecule is CCCCCCCCCCC(NN)c1ccc(Br)o1. The van der Waals surface area contributed by atoms with Crippen molar-refractivity contribution in [1.29, 1.82) is 0 Å². The van der Waals surface area contributed by atoms with Crippen LogP contribution < -0.4 is 11.3 Å². The predicted molar refractivity (Wildman–Crippen MR) is 83.7 cm³/mol.